The maximum atomic E-state index is 13.1. The van der Waals surface area contributed by atoms with Gasteiger partial charge in [-0.1, -0.05) is 12.1 Å². The molecule has 0 saturated heterocycles. The van der Waals surface area contributed by atoms with E-state index in [1.165, 1.54) is 29.7 Å². The van der Waals surface area contributed by atoms with Gasteiger partial charge in [-0.25, -0.2) is 4.39 Å². The topological polar surface area (TPSA) is 29.9 Å². The Morgan fingerprint density at radius 3 is 2.48 bits per heavy atom. The van der Waals surface area contributed by atoms with Crippen LogP contribution in [0.5, 0.6) is 0 Å². The molecular weight excluding hydrogens is 265 g/mol. The van der Waals surface area contributed by atoms with E-state index in [-0.39, 0.29) is 5.82 Å². The maximum absolute atomic E-state index is 13.1. The third-order valence-corrected chi connectivity index (χ3v) is 4.48. The molecule has 1 aliphatic carbocycles. The van der Waals surface area contributed by atoms with Gasteiger partial charge in [-0.2, -0.15) is 5.10 Å². The van der Waals surface area contributed by atoms with E-state index < -0.39 is 0 Å². The molecule has 1 unspecified atom stereocenters. The first kappa shape index (κ1) is 14.3. The maximum Gasteiger partial charge on any atom is 0.123 e. The molecule has 1 aliphatic rings. The monoisotopic (exact) mass is 287 g/mol. The highest BCUT2D eigenvalue weighted by Gasteiger charge is 2.32. The summed E-state index contributed by atoms with van der Waals surface area (Å²) in [5, 5.41) is 8.11. The number of halogens is 1. The zero-order valence-corrected chi connectivity index (χ0v) is 12.9. The van der Waals surface area contributed by atoms with Crippen LogP contribution in [0.4, 0.5) is 4.39 Å². The van der Waals surface area contributed by atoms with Crippen LogP contribution in [0.2, 0.25) is 0 Å². The summed E-state index contributed by atoms with van der Waals surface area (Å²) >= 11 is 0. The molecule has 1 saturated carbocycles. The summed E-state index contributed by atoms with van der Waals surface area (Å²) in [6, 6.07) is 7.20. The van der Waals surface area contributed by atoms with E-state index in [1.807, 2.05) is 30.8 Å². The van der Waals surface area contributed by atoms with Crippen molar-refractivity contribution in [3.8, 4) is 0 Å². The Morgan fingerprint density at radius 1 is 1.29 bits per heavy atom. The summed E-state index contributed by atoms with van der Waals surface area (Å²) in [6.07, 6.45) is 2.50. The van der Waals surface area contributed by atoms with Crippen molar-refractivity contribution in [3.05, 3.63) is 52.6 Å². The summed E-state index contributed by atoms with van der Waals surface area (Å²) < 4.78 is 15.0. The fourth-order valence-corrected chi connectivity index (χ4v) is 2.94. The number of nitrogens with one attached hydrogen (secondary N) is 1. The highest BCUT2D eigenvalue weighted by Crippen LogP contribution is 2.41. The second kappa shape index (κ2) is 5.60. The molecule has 3 rings (SSSR count). The lowest BCUT2D eigenvalue weighted by Crippen LogP contribution is -2.23. The number of hydrogen-bond acceptors (Lipinski definition) is 2. The summed E-state index contributed by atoms with van der Waals surface area (Å²) in [5.74, 6) is 0.500. The SMILES string of the molecule is Cc1nn(C)c(C)c1CNC(c1ccc(F)cc1)C1CC1. The van der Waals surface area contributed by atoms with Crippen molar-refractivity contribution in [2.45, 2.75) is 39.3 Å². The lowest BCUT2D eigenvalue weighted by molar-refractivity contribution is 0.478. The van der Waals surface area contributed by atoms with Crippen LogP contribution < -0.4 is 5.32 Å². The third kappa shape index (κ3) is 3.00. The Labute approximate surface area is 125 Å². The molecule has 1 aromatic heterocycles. The van der Waals surface area contributed by atoms with Crippen molar-refractivity contribution < 1.29 is 4.39 Å². The average Bonchev–Trinajstić information content (AvgIpc) is 3.25. The fourth-order valence-electron chi connectivity index (χ4n) is 2.94. The number of aryl methyl sites for hydroxylation is 2. The number of aromatic nitrogens is 2. The second-order valence-corrected chi connectivity index (χ2v) is 6.02. The quantitative estimate of drug-likeness (QED) is 0.913. The van der Waals surface area contributed by atoms with Gasteiger partial charge < -0.3 is 5.32 Å². The van der Waals surface area contributed by atoms with Crippen LogP contribution in [-0.2, 0) is 13.6 Å². The largest absolute Gasteiger partial charge is 0.305 e. The van der Waals surface area contributed by atoms with Gasteiger partial charge in [0.15, 0.2) is 0 Å². The van der Waals surface area contributed by atoms with Crippen LogP contribution in [-0.4, -0.2) is 9.78 Å². The van der Waals surface area contributed by atoms with Gasteiger partial charge in [0.2, 0.25) is 0 Å². The second-order valence-electron chi connectivity index (χ2n) is 6.02. The van der Waals surface area contributed by atoms with E-state index in [9.17, 15) is 4.39 Å². The molecule has 0 radical (unpaired) electrons. The normalized spacial score (nSPS) is 16.2. The van der Waals surface area contributed by atoms with Gasteiger partial charge in [0.1, 0.15) is 5.82 Å². The average molecular weight is 287 g/mol. The zero-order chi connectivity index (χ0) is 15.0. The van der Waals surface area contributed by atoms with Crippen LogP contribution in [0.3, 0.4) is 0 Å². The summed E-state index contributed by atoms with van der Waals surface area (Å²) in [4.78, 5) is 0. The molecule has 1 N–H and O–H groups in total. The zero-order valence-electron chi connectivity index (χ0n) is 12.9. The molecule has 21 heavy (non-hydrogen) atoms. The van der Waals surface area contributed by atoms with E-state index in [4.69, 9.17) is 0 Å². The summed E-state index contributed by atoms with van der Waals surface area (Å²) in [7, 11) is 1.98. The fraction of sp³-hybridized carbons (Fsp3) is 0.471. The summed E-state index contributed by atoms with van der Waals surface area (Å²) in [5.41, 5.74) is 4.73. The third-order valence-electron chi connectivity index (χ3n) is 4.48. The van der Waals surface area contributed by atoms with Gasteiger partial charge in [0, 0.05) is 30.9 Å². The highest BCUT2D eigenvalue weighted by atomic mass is 19.1. The first-order chi connectivity index (χ1) is 10.1. The first-order valence-corrected chi connectivity index (χ1v) is 7.54. The molecule has 0 amide bonds. The minimum absolute atomic E-state index is 0.174. The number of benzene rings is 1. The molecule has 1 atom stereocenters. The molecule has 0 bridgehead atoms. The van der Waals surface area contributed by atoms with Crippen molar-refractivity contribution in [3.63, 3.8) is 0 Å². The summed E-state index contributed by atoms with van der Waals surface area (Å²) in [6.45, 7) is 4.96. The predicted octanol–water partition coefficient (Wildman–Crippen LogP) is 3.42. The van der Waals surface area contributed by atoms with Gasteiger partial charge >= 0.3 is 0 Å². The van der Waals surface area contributed by atoms with Crippen LogP contribution in [0, 0.1) is 25.6 Å². The molecule has 0 spiro atoms. The van der Waals surface area contributed by atoms with Crippen molar-refractivity contribution in [1.82, 2.24) is 15.1 Å². The molecule has 0 aliphatic heterocycles. The van der Waals surface area contributed by atoms with E-state index in [0.29, 0.717) is 12.0 Å². The minimum atomic E-state index is -0.174. The first-order valence-electron chi connectivity index (χ1n) is 7.54. The van der Waals surface area contributed by atoms with Crippen molar-refractivity contribution in [2.75, 3.05) is 0 Å². The Balaban J connectivity index is 1.75. The molecule has 1 aromatic carbocycles. The van der Waals surface area contributed by atoms with Crippen LogP contribution in [0.25, 0.3) is 0 Å². The Hall–Kier alpha value is -1.68. The Bertz CT molecular complexity index is 626. The number of nitrogens with zero attached hydrogens (tertiary/aromatic N) is 2. The smallest absolute Gasteiger partial charge is 0.123 e. The predicted molar refractivity (Wildman–Crippen MR) is 81.4 cm³/mol. The number of rotatable bonds is 5. The Kier molecular flexibility index (Phi) is 3.81. The van der Waals surface area contributed by atoms with Crippen molar-refractivity contribution >= 4 is 0 Å². The highest BCUT2D eigenvalue weighted by molar-refractivity contribution is 5.26. The lowest BCUT2D eigenvalue weighted by atomic mass is 10.0. The Morgan fingerprint density at radius 2 is 1.95 bits per heavy atom. The van der Waals surface area contributed by atoms with Gasteiger partial charge in [-0.3, -0.25) is 4.68 Å². The minimum Gasteiger partial charge on any atom is -0.305 e. The standard InChI is InChI=1S/C17H22FN3/c1-11-16(12(2)21(3)20-11)10-19-17(13-4-5-13)14-6-8-15(18)9-7-14/h6-9,13,17,19H,4-5,10H2,1-3H3. The van der Waals surface area contributed by atoms with Gasteiger partial charge in [0.05, 0.1) is 5.69 Å². The molecule has 4 heteroatoms. The van der Waals surface area contributed by atoms with Crippen molar-refractivity contribution in [2.24, 2.45) is 13.0 Å². The van der Waals surface area contributed by atoms with Crippen LogP contribution in [0.15, 0.2) is 24.3 Å². The molecule has 1 fully saturated rings. The van der Waals surface area contributed by atoms with Gasteiger partial charge in [-0.15, -0.1) is 0 Å². The van der Waals surface area contributed by atoms with Gasteiger partial charge in [-0.05, 0) is 50.3 Å². The molecule has 112 valence electrons. The molecule has 3 nitrogen and oxygen atoms in total. The lowest BCUT2D eigenvalue weighted by Gasteiger charge is -2.19. The van der Waals surface area contributed by atoms with E-state index in [0.717, 1.165) is 12.2 Å². The molecule has 2 aromatic rings. The van der Waals surface area contributed by atoms with E-state index in [2.05, 4.69) is 17.3 Å². The van der Waals surface area contributed by atoms with E-state index in [1.54, 1.807) is 12.1 Å². The van der Waals surface area contributed by atoms with Crippen molar-refractivity contribution in [1.29, 1.82) is 0 Å². The van der Waals surface area contributed by atoms with E-state index >= 15 is 0 Å². The molecule has 1 heterocycles. The molecular formula is C17H22FN3. The van der Waals surface area contributed by atoms with Crippen LogP contribution in [0.1, 0.15) is 41.4 Å². The van der Waals surface area contributed by atoms with Gasteiger partial charge in [0.25, 0.3) is 0 Å². The van der Waals surface area contributed by atoms with Crippen LogP contribution >= 0.6 is 0 Å². The number of hydrogen-bond donors (Lipinski definition) is 1.